The van der Waals surface area contributed by atoms with Crippen molar-refractivity contribution in [3.63, 3.8) is 0 Å². The van der Waals surface area contributed by atoms with E-state index in [1.807, 2.05) is 0 Å². The van der Waals surface area contributed by atoms with Gasteiger partial charge in [-0.25, -0.2) is 0 Å². The molecule has 0 saturated carbocycles. The summed E-state index contributed by atoms with van der Waals surface area (Å²) in [6, 6.07) is 0. The Labute approximate surface area is 67.7 Å². The van der Waals surface area contributed by atoms with E-state index >= 15 is 0 Å². The lowest BCUT2D eigenvalue weighted by molar-refractivity contribution is -0.143. The van der Waals surface area contributed by atoms with Gasteiger partial charge in [0, 0.05) is 20.1 Å². The van der Waals surface area contributed by atoms with Crippen molar-refractivity contribution in [1.82, 2.24) is 0 Å². The number of hydrogen-bond acceptors (Lipinski definition) is 3. The van der Waals surface area contributed by atoms with Gasteiger partial charge in [0.25, 0.3) is 0 Å². The van der Waals surface area contributed by atoms with E-state index in [1.54, 1.807) is 14.0 Å². The lowest BCUT2D eigenvalue weighted by atomic mass is 10.3. The van der Waals surface area contributed by atoms with Crippen molar-refractivity contribution in [2.24, 2.45) is 0 Å². The zero-order chi connectivity index (χ0) is 8.53. The number of unbranched alkanes of at least 4 members (excludes halogenated alkanes) is 1. The fourth-order valence-corrected chi connectivity index (χ4v) is 0.637. The first kappa shape index (κ1) is 10.4. The average Bonchev–Trinajstić information content (AvgIpc) is 2.04. The highest BCUT2D eigenvalue weighted by molar-refractivity contribution is 5.68. The second-order valence-electron chi connectivity index (χ2n) is 2.27. The summed E-state index contributed by atoms with van der Waals surface area (Å²) < 4.78 is 9.68. The molecule has 0 rings (SSSR count). The molecule has 0 amide bonds. The SMILES string of the molecule is CCC(=O)OCCCCOC. The molecule has 0 spiro atoms. The predicted molar refractivity (Wildman–Crippen MR) is 42.4 cm³/mol. The number of esters is 1. The Morgan fingerprint density at radius 3 is 2.45 bits per heavy atom. The smallest absolute Gasteiger partial charge is 0.305 e. The fraction of sp³-hybridized carbons (Fsp3) is 0.875. The summed E-state index contributed by atoms with van der Waals surface area (Å²) in [5.41, 5.74) is 0. The van der Waals surface area contributed by atoms with E-state index in [0.29, 0.717) is 13.0 Å². The first-order valence-corrected chi connectivity index (χ1v) is 3.95. The number of ether oxygens (including phenoxy) is 2. The molecular formula is C8H16O3. The van der Waals surface area contributed by atoms with Crippen molar-refractivity contribution < 1.29 is 14.3 Å². The molecule has 0 fully saturated rings. The molecule has 0 aliphatic heterocycles. The Morgan fingerprint density at radius 1 is 1.27 bits per heavy atom. The highest BCUT2D eigenvalue weighted by Crippen LogP contribution is 1.92. The third kappa shape index (κ3) is 7.33. The average molecular weight is 160 g/mol. The molecule has 0 aromatic carbocycles. The summed E-state index contributed by atoms with van der Waals surface area (Å²) in [7, 11) is 1.66. The minimum absolute atomic E-state index is 0.123. The molecule has 11 heavy (non-hydrogen) atoms. The Hall–Kier alpha value is -0.570. The highest BCUT2D eigenvalue weighted by atomic mass is 16.5. The summed E-state index contributed by atoms with van der Waals surface area (Å²) in [5, 5.41) is 0. The second kappa shape index (κ2) is 7.54. The molecule has 0 aromatic heterocycles. The Kier molecular flexibility index (Phi) is 7.15. The van der Waals surface area contributed by atoms with Crippen molar-refractivity contribution in [3.8, 4) is 0 Å². The summed E-state index contributed by atoms with van der Waals surface area (Å²) in [6.45, 7) is 3.05. The van der Waals surface area contributed by atoms with Crippen LogP contribution in [0.25, 0.3) is 0 Å². The van der Waals surface area contributed by atoms with Gasteiger partial charge in [0.2, 0.25) is 0 Å². The third-order valence-corrected chi connectivity index (χ3v) is 1.29. The second-order valence-corrected chi connectivity index (χ2v) is 2.27. The molecule has 0 radical (unpaired) electrons. The lowest BCUT2D eigenvalue weighted by Crippen LogP contribution is -2.04. The quantitative estimate of drug-likeness (QED) is 0.435. The van der Waals surface area contributed by atoms with Crippen molar-refractivity contribution >= 4 is 5.97 Å². The molecule has 3 nitrogen and oxygen atoms in total. The van der Waals surface area contributed by atoms with E-state index in [4.69, 9.17) is 9.47 Å². The summed E-state index contributed by atoms with van der Waals surface area (Å²) in [4.78, 5) is 10.6. The van der Waals surface area contributed by atoms with Crippen LogP contribution in [0, 0.1) is 0 Å². The van der Waals surface area contributed by atoms with Gasteiger partial charge in [0.15, 0.2) is 0 Å². The molecule has 0 bridgehead atoms. The Balaban J connectivity index is 2.95. The van der Waals surface area contributed by atoms with Crippen LogP contribution in [0.4, 0.5) is 0 Å². The van der Waals surface area contributed by atoms with Gasteiger partial charge < -0.3 is 9.47 Å². The molecule has 0 N–H and O–H groups in total. The normalized spacial score (nSPS) is 9.64. The van der Waals surface area contributed by atoms with Gasteiger partial charge in [0.1, 0.15) is 0 Å². The maximum Gasteiger partial charge on any atom is 0.305 e. The summed E-state index contributed by atoms with van der Waals surface area (Å²) in [6.07, 6.45) is 2.30. The molecule has 0 unspecified atom stereocenters. The van der Waals surface area contributed by atoms with E-state index in [0.717, 1.165) is 19.4 Å². The molecular weight excluding hydrogens is 144 g/mol. The van der Waals surface area contributed by atoms with Crippen LogP contribution in [-0.2, 0) is 14.3 Å². The minimum Gasteiger partial charge on any atom is -0.466 e. The van der Waals surface area contributed by atoms with Crippen molar-refractivity contribution in [3.05, 3.63) is 0 Å². The number of hydrogen-bond donors (Lipinski definition) is 0. The van der Waals surface area contributed by atoms with Crippen molar-refractivity contribution in [2.45, 2.75) is 26.2 Å². The van der Waals surface area contributed by atoms with Gasteiger partial charge in [0.05, 0.1) is 6.61 Å². The summed E-state index contributed by atoms with van der Waals surface area (Å²) >= 11 is 0. The largest absolute Gasteiger partial charge is 0.466 e. The lowest BCUT2D eigenvalue weighted by Gasteiger charge is -2.01. The molecule has 0 aromatic rings. The molecule has 0 saturated heterocycles. The Morgan fingerprint density at radius 2 is 1.91 bits per heavy atom. The van der Waals surface area contributed by atoms with Gasteiger partial charge in [-0.3, -0.25) is 4.79 Å². The topological polar surface area (TPSA) is 35.5 Å². The van der Waals surface area contributed by atoms with E-state index < -0.39 is 0 Å². The van der Waals surface area contributed by atoms with Crippen molar-refractivity contribution in [2.75, 3.05) is 20.3 Å². The third-order valence-electron chi connectivity index (χ3n) is 1.29. The van der Waals surface area contributed by atoms with E-state index in [-0.39, 0.29) is 5.97 Å². The number of carbonyl (C=O) groups is 1. The van der Waals surface area contributed by atoms with Crippen LogP contribution in [0.1, 0.15) is 26.2 Å². The molecule has 0 atom stereocenters. The Bertz CT molecular complexity index is 102. The number of carbonyl (C=O) groups excluding carboxylic acids is 1. The van der Waals surface area contributed by atoms with Crippen LogP contribution < -0.4 is 0 Å². The van der Waals surface area contributed by atoms with Crippen LogP contribution in [0.3, 0.4) is 0 Å². The molecule has 0 aliphatic carbocycles. The molecule has 66 valence electrons. The van der Waals surface area contributed by atoms with Crippen LogP contribution in [-0.4, -0.2) is 26.3 Å². The summed E-state index contributed by atoms with van der Waals surface area (Å²) in [5.74, 6) is -0.123. The molecule has 0 aliphatic rings. The highest BCUT2D eigenvalue weighted by Gasteiger charge is 1.96. The predicted octanol–water partition coefficient (Wildman–Crippen LogP) is 1.37. The van der Waals surface area contributed by atoms with E-state index in [2.05, 4.69) is 0 Å². The monoisotopic (exact) mass is 160 g/mol. The van der Waals surface area contributed by atoms with E-state index in [1.165, 1.54) is 0 Å². The molecule has 0 heterocycles. The van der Waals surface area contributed by atoms with Gasteiger partial charge in [-0.05, 0) is 12.8 Å². The van der Waals surface area contributed by atoms with Crippen LogP contribution in [0.15, 0.2) is 0 Å². The zero-order valence-corrected chi connectivity index (χ0v) is 7.26. The molecule has 3 heteroatoms. The van der Waals surface area contributed by atoms with Gasteiger partial charge >= 0.3 is 5.97 Å². The van der Waals surface area contributed by atoms with Crippen LogP contribution in [0.2, 0.25) is 0 Å². The van der Waals surface area contributed by atoms with Gasteiger partial charge in [-0.15, -0.1) is 0 Å². The maximum atomic E-state index is 10.6. The van der Waals surface area contributed by atoms with Gasteiger partial charge in [-0.2, -0.15) is 0 Å². The van der Waals surface area contributed by atoms with Crippen LogP contribution in [0.5, 0.6) is 0 Å². The maximum absolute atomic E-state index is 10.6. The standard InChI is InChI=1S/C8H16O3/c1-3-8(9)11-7-5-4-6-10-2/h3-7H2,1-2H3. The van der Waals surface area contributed by atoms with Crippen LogP contribution >= 0.6 is 0 Å². The zero-order valence-electron chi connectivity index (χ0n) is 7.26. The van der Waals surface area contributed by atoms with Gasteiger partial charge in [-0.1, -0.05) is 6.92 Å². The first-order chi connectivity index (χ1) is 5.31. The number of rotatable bonds is 6. The first-order valence-electron chi connectivity index (χ1n) is 3.95. The number of methoxy groups -OCH3 is 1. The fourth-order valence-electron chi connectivity index (χ4n) is 0.637. The van der Waals surface area contributed by atoms with E-state index in [9.17, 15) is 4.79 Å². The minimum atomic E-state index is -0.123. The van der Waals surface area contributed by atoms with Crippen molar-refractivity contribution in [1.29, 1.82) is 0 Å².